The average molecular weight is 383 g/mol. The lowest BCUT2D eigenvalue weighted by Gasteiger charge is -2.68. The van der Waals surface area contributed by atoms with Gasteiger partial charge in [0.15, 0.2) is 0 Å². The Hall–Kier alpha value is -1.18. The van der Waals surface area contributed by atoms with Gasteiger partial charge in [0.1, 0.15) is 17.1 Å². The highest BCUT2D eigenvalue weighted by Gasteiger charge is 2.65. The van der Waals surface area contributed by atoms with Gasteiger partial charge >= 0.3 is 0 Å². The first kappa shape index (κ1) is 18.8. The molecule has 3 fully saturated rings. The van der Waals surface area contributed by atoms with Crippen LogP contribution in [-0.2, 0) is 6.42 Å². The molecule has 3 saturated carbocycles. The predicted molar refractivity (Wildman–Crippen MR) is 114 cm³/mol. The van der Waals surface area contributed by atoms with Crippen LogP contribution >= 0.6 is 0 Å². The molecule has 0 aromatic heterocycles. The van der Waals surface area contributed by atoms with Crippen molar-refractivity contribution in [2.24, 2.45) is 34.0 Å². The number of ether oxygens (including phenoxy) is 1. The molecule has 0 unspecified atom stereocenters. The smallest absolute Gasteiger partial charge is 0.123 e. The zero-order valence-electron chi connectivity index (χ0n) is 18.5. The van der Waals surface area contributed by atoms with E-state index >= 15 is 0 Å². The van der Waals surface area contributed by atoms with Gasteiger partial charge in [0.2, 0.25) is 0 Å². The van der Waals surface area contributed by atoms with Crippen LogP contribution in [0.3, 0.4) is 0 Å². The minimum absolute atomic E-state index is 0.0669. The second-order valence-corrected chi connectivity index (χ2v) is 12.0. The molecule has 0 spiro atoms. The van der Waals surface area contributed by atoms with Crippen molar-refractivity contribution in [1.29, 1.82) is 0 Å². The van der Waals surface area contributed by atoms with E-state index < -0.39 is 0 Å². The maximum absolute atomic E-state index is 10.0. The molecule has 3 aliphatic carbocycles. The van der Waals surface area contributed by atoms with Crippen LogP contribution in [0.5, 0.6) is 11.5 Å². The molecule has 0 saturated heterocycles. The topological polar surface area (TPSA) is 29.5 Å². The summed E-state index contributed by atoms with van der Waals surface area (Å²) in [5, 5.41) is 10.0. The van der Waals surface area contributed by atoms with Gasteiger partial charge in [-0.2, -0.15) is 0 Å². The van der Waals surface area contributed by atoms with Crippen LogP contribution in [0.1, 0.15) is 85.1 Å². The Labute approximate surface area is 171 Å². The normalized spacial score (nSPS) is 46.4. The zero-order chi connectivity index (χ0) is 19.9. The largest absolute Gasteiger partial charge is 0.508 e. The van der Waals surface area contributed by atoms with Gasteiger partial charge in [-0.3, -0.25) is 0 Å². The molecule has 154 valence electrons. The first-order valence-electron chi connectivity index (χ1n) is 11.6. The van der Waals surface area contributed by atoms with Crippen molar-refractivity contribution in [3.05, 3.63) is 23.8 Å². The Bertz CT molecular complexity index is 798. The summed E-state index contributed by atoms with van der Waals surface area (Å²) in [5.41, 5.74) is 2.42. The van der Waals surface area contributed by atoms with Gasteiger partial charge in [0.05, 0.1) is 0 Å². The van der Waals surface area contributed by atoms with Gasteiger partial charge in [-0.15, -0.1) is 0 Å². The van der Waals surface area contributed by atoms with Crippen molar-refractivity contribution in [1.82, 2.24) is 0 Å². The SMILES string of the molecule is CC1(C)CCC[C@]2(C)[C@H]3CC[C@]4(C)Oc5ccc(O)cc5C[C@H]4[C@]3(C)CC[C@@H]12. The number of fused-ring (bicyclic) bond motifs is 6. The quantitative estimate of drug-likeness (QED) is 0.538. The van der Waals surface area contributed by atoms with Crippen molar-refractivity contribution in [2.45, 2.75) is 91.6 Å². The molecule has 1 heterocycles. The lowest BCUT2D eigenvalue weighted by Crippen LogP contribution is -2.64. The molecule has 1 aromatic rings. The number of phenols is 1. The molecule has 1 N–H and O–H groups in total. The number of benzene rings is 1. The maximum atomic E-state index is 10.0. The first-order chi connectivity index (χ1) is 13.1. The summed E-state index contributed by atoms with van der Waals surface area (Å²) < 4.78 is 6.69. The molecule has 4 aliphatic rings. The van der Waals surface area contributed by atoms with E-state index in [4.69, 9.17) is 4.74 Å². The second-order valence-electron chi connectivity index (χ2n) is 12.0. The Morgan fingerprint density at radius 3 is 2.36 bits per heavy atom. The fourth-order valence-electron chi connectivity index (χ4n) is 8.93. The summed E-state index contributed by atoms with van der Waals surface area (Å²) in [6.07, 6.45) is 10.4. The lowest BCUT2D eigenvalue weighted by molar-refractivity contribution is -0.207. The van der Waals surface area contributed by atoms with Crippen molar-refractivity contribution in [3.63, 3.8) is 0 Å². The Kier molecular flexibility index (Phi) is 3.83. The number of phenolic OH excluding ortho intramolecular Hbond substituents is 1. The van der Waals surface area contributed by atoms with Crippen LogP contribution in [0.4, 0.5) is 0 Å². The first-order valence-corrected chi connectivity index (χ1v) is 11.6. The van der Waals surface area contributed by atoms with Gasteiger partial charge in [-0.05, 0) is 104 Å². The molecule has 2 heteroatoms. The Morgan fingerprint density at radius 2 is 1.57 bits per heavy atom. The summed E-state index contributed by atoms with van der Waals surface area (Å²) in [5.74, 6) is 3.55. The van der Waals surface area contributed by atoms with Crippen LogP contribution < -0.4 is 4.74 Å². The van der Waals surface area contributed by atoms with Gasteiger partial charge in [0, 0.05) is 5.92 Å². The minimum atomic E-state index is -0.0669. The van der Waals surface area contributed by atoms with Crippen molar-refractivity contribution >= 4 is 0 Å². The molecule has 0 amide bonds. The summed E-state index contributed by atoms with van der Waals surface area (Å²) in [6, 6.07) is 5.69. The molecule has 2 nitrogen and oxygen atoms in total. The molecule has 0 radical (unpaired) electrons. The predicted octanol–water partition coefficient (Wildman–Crippen LogP) is 6.74. The third-order valence-electron chi connectivity index (χ3n) is 10.1. The van der Waals surface area contributed by atoms with Crippen LogP contribution in [0.2, 0.25) is 0 Å². The highest BCUT2D eigenvalue weighted by molar-refractivity contribution is 5.43. The molecule has 1 aliphatic heterocycles. The third kappa shape index (κ3) is 2.39. The van der Waals surface area contributed by atoms with E-state index in [2.05, 4.69) is 34.6 Å². The van der Waals surface area contributed by atoms with Gasteiger partial charge in [-0.25, -0.2) is 0 Å². The molecule has 28 heavy (non-hydrogen) atoms. The van der Waals surface area contributed by atoms with Crippen LogP contribution in [0.15, 0.2) is 18.2 Å². The van der Waals surface area contributed by atoms with Crippen molar-refractivity contribution in [3.8, 4) is 11.5 Å². The van der Waals surface area contributed by atoms with Crippen molar-refractivity contribution in [2.75, 3.05) is 0 Å². The average Bonchev–Trinajstić information content (AvgIpc) is 2.59. The zero-order valence-corrected chi connectivity index (χ0v) is 18.5. The maximum Gasteiger partial charge on any atom is 0.123 e. The molecule has 1 aromatic carbocycles. The fraction of sp³-hybridized carbons (Fsp3) is 0.769. The van der Waals surface area contributed by atoms with E-state index in [0.717, 1.165) is 24.0 Å². The molecular weight excluding hydrogens is 344 g/mol. The fourth-order valence-corrected chi connectivity index (χ4v) is 8.93. The Balaban J connectivity index is 1.56. The molecular formula is C26H38O2. The van der Waals surface area contributed by atoms with Crippen molar-refractivity contribution < 1.29 is 9.84 Å². The summed E-state index contributed by atoms with van der Waals surface area (Å²) in [6.45, 7) is 12.7. The Morgan fingerprint density at radius 1 is 0.857 bits per heavy atom. The minimum Gasteiger partial charge on any atom is -0.508 e. The van der Waals surface area contributed by atoms with E-state index in [1.807, 2.05) is 12.1 Å². The van der Waals surface area contributed by atoms with Crippen LogP contribution in [0, 0.1) is 34.0 Å². The summed E-state index contributed by atoms with van der Waals surface area (Å²) in [7, 11) is 0. The number of hydrogen-bond donors (Lipinski definition) is 1. The van der Waals surface area contributed by atoms with Gasteiger partial charge in [0.25, 0.3) is 0 Å². The molecule has 6 atom stereocenters. The molecule has 0 bridgehead atoms. The van der Waals surface area contributed by atoms with Gasteiger partial charge < -0.3 is 9.84 Å². The van der Waals surface area contributed by atoms with Crippen LogP contribution in [-0.4, -0.2) is 10.7 Å². The van der Waals surface area contributed by atoms with E-state index in [1.165, 1.54) is 50.5 Å². The van der Waals surface area contributed by atoms with E-state index in [-0.39, 0.29) is 5.60 Å². The number of rotatable bonds is 0. The van der Waals surface area contributed by atoms with E-state index in [1.54, 1.807) is 6.07 Å². The molecule has 5 rings (SSSR count). The van der Waals surface area contributed by atoms with Gasteiger partial charge in [-0.1, -0.05) is 34.1 Å². The summed E-state index contributed by atoms with van der Waals surface area (Å²) >= 11 is 0. The summed E-state index contributed by atoms with van der Waals surface area (Å²) in [4.78, 5) is 0. The van der Waals surface area contributed by atoms with Crippen LogP contribution in [0.25, 0.3) is 0 Å². The highest BCUT2D eigenvalue weighted by atomic mass is 16.5. The highest BCUT2D eigenvalue weighted by Crippen LogP contribution is 2.70. The van der Waals surface area contributed by atoms with E-state index in [9.17, 15) is 5.11 Å². The second kappa shape index (κ2) is 5.70. The lowest BCUT2D eigenvalue weighted by atomic mass is 9.38. The number of hydrogen-bond acceptors (Lipinski definition) is 2. The monoisotopic (exact) mass is 382 g/mol. The standard InChI is InChI=1S/C26H38O2/c1-23(2)11-6-12-24(3)20(23)9-13-25(4)21(24)10-14-26(5)22(25)16-17-15-18(27)7-8-19(17)28-26/h7-8,15,20-22,27H,6,9-14,16H2,1-5H3/t20-,21+,22-,24-,25+,26-/m0/s1. The third-order valence-corrected chi connectivity index (χ3v) is 10.1. The van der Waals surface area contributed by atoms with E-state index in [0.29, 0.717) is 27.9 Å². The number of aromatic hydroxyl groups is 1.